The Morgan fingerprint density at radius 1 is 1.13 bits per heavy atom. The lowest BCUT2D eigenvalue weighted by Crippen LogP contribution is -2.26. The molecule has 0 aromatic carbocycles. The number of rotatable bonds is 7. The minimum Gasteiger partial charge on any atom is -0.395 e. The average Bonchev–Trinajstić information content (AvgIpc) is 3.05. The molecule has 1 aliphatic rings. The molecule has 1 saturated carbocycles. The molecule has 0 unspecified atom stereocenters. The van der Waals surface area contributed by atoms with Crippen molar-refractivity contribution in [3.8, 4) is 0 Å². The smallest absolute Gasteiger partial charge is 0.0558 e. The van der Waals surface area contributed by atoms with E-state index in [0.717, 1.165) is 13.1 Å². The molecule has 5 heteroatoms. The van der Waals surface area contributed by atoms with E-state index in [-0.39, 0.29) is 6.61 Å². The topological polar surface area (TPSA) is 54.2 Å². The second-order valence-electron chi connectivity index (χ2n) is 6.42. The summed E-state index contributed by atoms with van der Waals surface area (Å²) >= 11 is 0. The van der Waals surface area contributed by atoms with Crippen LogP contribution in [-0.2, 0) is 13.1 Å². The van der Waals surface area contributed by atoms with Crippen molar-refractivity contribution in [2.45, 2.75) is 51.2 Å². The Morgan fingerprint density at radius 3 is 2.70 bits per heavy atom. The summed E-state index contributed by atoms with van der Waals surface area (Å²) in [4.78, 5) is 6.40. The molecule has 0 radical (unpaired) electrons. The minimum absolute atomic E-state index is 0.164. The summed E-state index contributed by atoms with van der Waals surface area (Å²) in [5.41, 5.74) is 2.38. The van der Waals surface area contributed by atoms with Crippen molar-refractivity contribution in [2.75, 3.05) is 13.2 Å². The van der Waals surface area contributed by atoms with Crippen molar-refractivity contribution in [3.63, 3.8) is 0 Å². The lowest BCUT2D eigenvalue weighted by Gasteiger charge is -2.22. The Kier molecular flexibility index (Phi) is 5.77. The predicted octanol–water partition coefficient (Wildman–Crippen LogP) is 2.78. The van der Waals surface area contributed by atoms with Crippen LogP contribution in [-0.4, -0.2) is 37.9 Å². The molecule has 2 heterocycles. The first-order valence-electron chi connectivity index (χ1n) is 8.60. The molecule has 1 N–H and O–H groups in total. The zero-order chi connectivity index (χ0) is 15.9. The number of aliphatic hydroxyl groups is 1. The van der Waals surface area contributed by atoms with Gasteiger partial charge >= 0.3 is 0 Å². The number of aromatic nitrogens is 3. The Hall–Kier alpha value is -1.72. The SMILES string of the molecule is OCCN(Cc1cccnc1)Cc1cnn(C2CCCCC2)c1. The van der Waals surface area contributed by atoms with Crippen LogP contribution in [0.1, 0.15) is 49.3 Å². The molecule has 0 atom stereocenters. The van der Waals surface area contributed by atoms with Gasteiger partial charge in [0.05, 0.1) is 18.8 Å². The Labute approximate surface area is 138 Å². The number of hydrogen-bond donors (Lipinski definition) is 1. The molecule has 3 rings (SSSR count). The van der Waals surface area contributed by atoms with E-state index in [1.54, 1.807) is 6.20 Å². The van der Waals surface area contributed by atoms with Gasteiger partial charge in [-0.05, 0) is 24.5 Å². The molecule has 2 aromatic heterocycles. The molecule has 5 nitrogen and oxygen atoms in total. The summed E-state index contributed by atoms with van der Waals surface area (Å²) in [5.74, 6) is 0. The zero-order valence-electron chi connectivity index (χ0n) is 13.6. The van der Waals surface area contributed by atoms with Crippen LogP contribution in [0.4, 0.5) is 0 Å². The van der Waals surface area contributed by atoms with Gasteiger partial charge in [0.15, 0.2) is 0 Å². The van der Waals surface area contributed by atoms with E-state index in [9.17, 15) is 5.11 Å². The molecule has 1 aliphatic carbocycles. The van der Waals surface area contributed by atoms with E-state index < -0.39 is 0 Å². The van der Waals surface area contributed by atoms with Gasteiger partial charge in [0, 0.05) is 43.8 Å². The molecule has 124 valence electrons. The van der Waals surface area contributed by atoms with Gasteiger partial charge in [-0.25, -0.2) is 0 Å². The van der Waals surface area contributed by atoms with Crippen LogP contribution in [0.15, 0.2) is 36.9 Å². The number of aliphatic hydroxyl groups excluding tert-OH is 1. The summed E-state index contributed by atoms with van der Waals surface area (Å²) in [6.07, 6.45) is 14.3. The van der Waals surface area contributed by atoms with E-state index in [4.69, 9.17) is 0 Å². The zero-order valence-corrected chi connectivity index (χ0v) is 13.6. The predicted molar refractivity (Wildman–Crippen MR) is 89.8 cm³/mol. The van der Waals surface area contributed by atoms with Gasteiger partial charge in [0.2, 0.25) is 0 Å². The van der Waals surface area contributed by atoms with Crippen LogP contribution in [0.5, 0.6) is 0 Å². The van der Waals surface area contributed by atoms with Crippen LogP contribution in [0.2, 0.25) is 0 Å². The van der Waals surface area contributed by atoms with E-state index in [0.29, 0.717) is 12.6 Å². The van der Waals surface area contributed by atoms with Gasteiger partial charge in [-0.2, -0.15) is 5.10 Å². The maximum Gasteiger partial charge on any atom is 0.0558 e. The Bertz CT molecular complexity index is 578. The van der Waals surface area contributed by atoms with Crippen LogP contribution < -0.4 is 0 Å². The fourth-order valence-corrected chi connectivity index (χ4v) is 3.37. The van der Waals surface area contributed by atoms with Crippen molar-refractivity contribution >= 4 is 0 Å². The third-order valence-electron chi connectivity index (χ3n) is 4.56. The number of nitrogens with zero attached hydrogens (tertiary/aromatic N) is 4. The van der Waals surface area contributed by atoms with Gasteiger partial charge in [-0.1, -0.05) is 25.3 Å². The van der Waals surface area contributed by atoms with Crippen LogP contribution >= 0.6 is 0 Å². The highest BCUT2D eigenvalue weighted by Crippen LogP contribution is 2.27. The summed E-state index contributed by atoms with van der Waals surface area (Å²) in [7, 11) is 0. The van der Waals surface area contributed by atoms with Crippen molar-refractivity contribution in [3.05, 3.63) is 48.0 Å². The van der Waals surface area contributed by atoms with Gasteiger partial charge in [-0.3, -0.25) is 14.6 Å². The molecule has 0 aliphatic heterocycles. The third-order valence-corrected chi connectivity index (χ3v) is 4.56. The van der Waals surface area contributed by atoms with Crippen LogP contribution in [0.25, 0.3) is 0 Å². The van der Waals surface area contributed by atoms with Crippen LogP contribution in [0, 0.1) is 0 Å². The summed E-state index contributed by atoms with van der Waals surface area (Å²) in [6.45, 7) is 2.42. The second kappa shape index (κ2) is 8.22. The van der Waals surface area contributed by atoms with E-state index in [1.807, 2.05) is 18.5 Å². The largest absolute Gasteiger partial charge is 0.395 e. The Balaban J connectivity index is 1.62. The molecular weight excluding hydrogens is 288 g/mol. The maximum atomic E-state index is 9.32. The minimum atomic E-state index is 0.164. The molecule has 0 amide bonds. The van der Waals surface area contributed by atoms with Crippen LogP contribution in [0.3, 0.4) is 0 Å². The van der Waals surface area contributed by atoms with Gasteiger partial charge in [0.1, 0.15) is 0 Å². The molecule has 1 fully saturated rings. The third kappa shape index (κ3) is 4.62. The fraction of sp³-hybridized carbons (Fsp3) is 0.556. The van der Waals surface area contributed by atoms with Gasteiger partial charge in [-0.15, -0.1) is 0 Å². The van der Waals surface area contributed by atoms with Crippen molar-refractivity contribution < 1.29 is 5.11 Å². The molecule has 2 aromatic rings. The highest BCUT2D eigenvalue weighted by Gasteiger charge is 2.16. The quantitative estimate of drug-likeness (QED) is 0.854. The van der Waals surface area contributed by atoms with Gasteiger partial charge in [0.25, 0.3) is 0 Å². The molecular formula is C18H26N4O. The van der Waals surface area contributed by atoms with Crippen molar-refractivity contribution in [2.24, 2.45) is 0 Å². The van der Waals surface area contributed by atoms with Gasteiger partial charge < -0.3 is 5.11 Å². The molecule has 0 bridgehead atoms. The molecule has 23 heavy (non-hydrogen) atoms. The normalized spacial score (nSPS) is 16.1. The van der Waals surface area contributed by atoms with E-state index in [2.05, 4.69) is 31.9 Å². The van der Waals surface area contributed by atoms with Crippen molar-refractivity contribution in [1.82, 2.24) is 19.7 Å². The van der Waals surface area contributed by atoms with E-state index in [1.165, 1.54) is 43.2 Å². The molecule has 0 saturated heterocycles. The number of pyridine rings is 1. The lowest BCUT2D eigenvalue weighted by atomic mass is 9.96. The highest BCUT2D eigenvalue weighted by molar-refractivity contribution is 5.10. The first-order chi connectivity index (χ1) is 11.3. The highest BCUT2D eigenvalue weighted by atomic mass is 16.3. The second-order valence-corrected chi connectivity index (χ2v) is 6.42. The monoisotopic (exact) mass is 314 g/mol. The maximum absolute atomic E-state index is 9.32. The Morgan fingerprint density at radius 2 is 1.96 bits per heavy atom. The summed E-state index contributed by atoms with van der Waals surface area (Å²) in [6, 6.07) is 4.60. The van der Waals surface area contributed by atoms with E-state index >= 15 is 0 Å². The first-order valence-corrected chi connectivity index (χ1v) is 8.60. The standard InChI is InChI=1S/C18H26N4O/c23-10-9-21(13-16-5-4-8-19-11-16)14-17-12-20-22(15-17)18-6-2-1-3-7-18/h4-5,8,11-12,15,18,23H,1-3,6-7,9-10,13-14H2. The fourth-order valence-electron chi connectivity index (χ4n) is 3.37. The first kappa shape index (κ1) is 16.1. The van der Waals surface area contributed by atoms with Crippen molar-refractivity contribution in [1.29, 1.82) is 0 Å². The summed E-state index contributed by atoms with van der Waals surface area (Å²) in [5, 5.41) is 13.9. The number of hydrogen-bond acceptors (Lipinski definition) is 4. The molecule has 0 spiro atoms. The summed E-state index contributed by atoms with van der Waals surface area (Å²) < 4.78 is 2.15. The average molecular weight is 314 g/mol. The lowest BCUT2D eigenvalue weighted by molar-refractivity contribution is 0.184.